The molecule has 2 nitrogen and oxygen atoms in total. The fraction of sp³-hybridized carbons (Fsp3) is 0.0571. The first-order chi connectivity index (χ1) is 18.3. The Morgan fingerprint density at radius 3 is 1.73 bits per heavy atom. The van der Waals surface area contributed by atoms with Crippen molar-refractivity contribution < 1.29 is 0 Å². The van der Waals surface area contributed by atoms with E-state index in [1.807, 2.05) is 6.33 Å². The zero-order valence-electron chi connectivity index (χ0n) is 20.6. The van der Waals surface area contributed by atoms with E-state index in [0.717, 1.165) is 12.1 Å². The molecule has 6 aromatic rings. The maximum absolute atomic E-state index is 4.82. The van der Waals surface area contributed by atoms with Crippen LogP contribution in [0.15, 0.2) is 152 Å². The quantitative estimate of drug-likeness (QED) is 0.213. The van der Waals surface area contributed by atoms with Crippen LogP contribution in [0.2, 0.25) is 0 Å². The minimum Gasteiger partial charge on any atom is -0.318 e. The Hall–Kier alpha value is -4.69. The van der Waals surface area contributed by atoms with E-state index in [-0.39, 0.29) is 0 Å². The number of allylic oxidation sites excluding steroid dienone is 1. The summed E-state index contributed by atoms with van der Waals surface area (Å²) >= 11 is 0. The van der Waals surface area contributed by atoms with Crippen molar-refractivity contribution in [2.75, 3.05) is 0 Å². The molecule has 2 heteroatoms. The maximum Gasteiger partial charge on any atom is 0.121 e. The lowest BCUT2D eigenvalue weighted by molar-refractivity contribution is 0.514. The second-order valence-electron chi connectivity index (χ2n) is 9.30. The summed E-state index contributed by atoms with van der Waals surface area (Å²) < 4.78 is 2.25. The number of hydrogen-bond acceptors (Lipinski definition) is 1. The predicted octanol–water partition coefficient (Wildman–Crippen LogP) is 8.13. The zero-order valence-corrected chi connectivity index (χ0v) is 20.6. The summed E-state index contributed by atoms with van der Waals surface area (Å²) in [6.07, 6.45) is 9.30. The molecule has 0 bridgehead atoms. The third-order valence-electron chi connectivity index (χ3n) is 7.02. The largest absolute Gasteiger partial charge is 0.318 e. The minimum absolute atomic E-state index is 0.540. The topological polar surface area (TPSA) is 17.8 Å². The van der Waals surface area contributed by atoms with Crippen molar-refractivity contribution in [2.24, 2.45) is 0 Å². The summed E-state index contributed by atoms with van der Waals surface area (Å²) in [4.78, 5) is 4.82. The van der Waals surface area contributed by atoms with Crippen molar-refractivity contribution in [1.82, 2.24) is 9.55 Å². The third kappa shape index (κ3) is 4.39. The molecule has 0 atom stereocenters. The van der Waals surface area contributed by atoms with Crippen LogP contribution >= 0.6 is 0 Å². The summed E-state index contributed by atoms with van der Waals surface area (Å²) in [5.41, 5.74) is 5.26. The highest BCUT2D eigenvalue weighted by Crippen LogP contribution is 2.40. The zero-order chi connectivity index (χ0) is 24.9. The number of rotatable bonds is 7. The number of imidazole rings is 1. The van der Waals surface area contributed by atoms with Crippen LogP contribution in [0, 0.1) is 0 Å². The van der Waals surface area contributed by atoms with Gasteiger partial charge >= 0.3 is 0 Å². The standard InChI is InChI=1S/C35H28N2/c1-4-16-31(17-5-1)35(32-18-6-2-7-19-32,33-20-8-3-9-21-33)37-26-34(36-27-37)22-12-13-28-23-24-29-14-10-11-15-30(29)25-28/h1-12,14-27H,13H2/b22-12+. The van der Waals surface area contributed by atoms with Crippen molar-refractivity contribution >= 4 is 16.8 Å². The monoisotopic (exact) mass is 476 g/mol. The molecule has 6 rings (SSSR count). The molecule has 0 amide bonds. The molecule has 37 heavy (non-hydrogen) atoms. The molecule has 0 fully saturated rings. The Morgan fingerprint density at radius 1 is 0.595 bits per heavy atom. The second-order valence-corrected chi connectivity index (χ2v) is 9.30. The van der Waals surface area contributed by atoms with Gasteiger partial charge in [0.25, 0.3) is 0 Å². The van der Waals surface area contributed by atoms with Crippen molar-refractivity contribution in [3.63, 3.8) is 0 Å². The first kappa shape index (κ1) is 22.8. The molecule has 1 aromatic heterocycles. The molecule has 1 heterocycles. The number of aromatic nitrogens is 2. The number of hydrogen-bond donors (Lipinski definition) is 0. The highest BCUT2D eigenvalue weighted by Gasteiger charge is 2.38. The van der Waals surface area contributed by atoms with E-state index in [0.29, 0.717) is 0 Å². The van der Waals surface area contributed by atoms with Crippen molar-refractivity contribution in [3.05, 3.63) is 180 Å². The van der Waals surface area contributed by atoms with Crippen molar-refractivity contribution in [1.29, 1.82) is 0 Å². The first-order valence-corrected chi connectivity index (χ1v) is 12.7. The van der Waals surface area contributed by atoms with Crippen molar-refractivity contribution in [3.8, 4) is 0 Å². The van der Waals surface area contributed by atoms with E-state index >= 15 is 0 Å². The normalized spacial score (nSPS) is 11.8. The van der Waals surface area contributed by atoms with Gasteiger partial charge in [0.2, 0.25) is 0 Å². The highest BCUT2D eigenvalue weighted by atomic mass is 15.1. The van der Waals surface area contributed by atoms with E-state index in [9.17, 15) is 0 Å². The lowest BCUT2D eigenvalue weighted by Crippen LogP contribution is -2.36. The first-order valence-electron chi connectivity index (χ1n) is 12.7. The SMILES string of the molecule is C(=C\c1cn(C(c2ccccc2)(c2ccccc2)c2ccccc2)cn1)/Cc1ccc2ccccc2c1. The molecule has 0 aliphatic heterocycles. The van der Waals surface area contributed by atoms with Gasteiger partial charge in [-0.05, 0) is 45.5 Å². The van der Waals surface area contributed by atoms with E-state index in [4.69, 9.17) is 4.98 Å². The molecule has 0 N–H and O–H groups in total. The van der Waals surface area contributed by atoms with Gasteiger partial charge in [-0.25, -0.2) is 4.98 Å². The summed E-state index contributed by atoms with van der Waals surface area (Å²) in [7, 11) is 0. The van der Waals surface area contributed by atoms with Gasteiger partial charge in [-0.2, -0.15) is 0 Å². The number of benzene rings is 5. The number of nitrogens with zero attached hydrogens (tertiary/aromatic N) is 2. The Morgan fingerprint density at radius 2 is 1.14 bits per heavy atom. The molecule has 5 aromatic carbocycles. The fourth-order valence-corrected chi connectivity index (χ4v) is 5.27. The van der Waals surface area contributed by atoms with Gasteiger partial charge in [0.1, 0.15) is 5.54 Å². The molecule has 0 spiro atoms. The van der Waals surface area contributed by atoms with Crippen LogP contribution in [0.5, 0.6) is 0 Å². The average molecular weight is 477 g/mol. The highest BCUT2D eigenvalue weighted by molar-refractivity contribution is 5.83. The number of fused-ring (bicyclic) bond motifs is 1. The van der Waals surface area contributed by atoms with E-state index < -0.39 is 5.54 Å². The van der Waals surface area contributed by atoms with Crippen LogP contribution in [0.25, 0.3) is 16.8 Å². The average Bonchev–Trinajstić information content (AvgIpc) is 3.44. The summed E-state index contributed by atoms with van der Waals surface area (Å²) in [6.45, 7) is 0. The van der Waals surface area contributed by atoms with Gasteiger partial charge in [-0.15, -0.1) is 0 Å². The minimum atomic E-state index is -0.540. The summed E-state index contributed by atoms with van der Waals surface area (Å²) in [6, 6.07) is 47.2. The summed E-state index contributed by atoms with van der Waals surface area (Å²) in [5.74, 6) is 0. The predicted molar refractivity (Wildman–Crippen MR) is 154 cm³/mol. The smallest absolute Gasteiger partial charge is 0.121 e. The van der Waals surface area contributed by atoms with E-state index in [1.165, 1.54) is 33.0 Å². The molecule has 0 saturated heterocycles. The van der Waals surface area contributed by atoms with Gasteiger partial charge in [0, 0.05) is 6.20 Å². The van der Waals surface area contributed by atoms with Gasteiger partial charge in [0.05, 0.1) is 12.0 Å². The van der Waals surface area contributed by atoms with E-state index in [2.05, 4.69) is 156 Å². The Kier molecular flexibility index (Phi) is 6.22. The summed E-state index contributed by atoms with van der Waals surface area (Å²) in [5, 5.41) is 2.55. The van der Waals surface area contributed by atoms with Gasteiger partial charge in [0.15, 0.2) is 0 Å². The van der Waals surface area contributed by atoms with Crippen molar-refractivity contribution in [2.45, 2.75) is 12.0 Å². The van der Waals surface area contributed by atoms with Crippen LogP contribution < -0.4 is 0 Å². The van der Waals surface area contributed by atoms with Gasteiger partial charge < -0.3 is 4.57 Å². The van der Waals surface area contributed by atoms with Crippen LogP contribution in [0.3, 0.4) is 0 Å². The lowest BCUT2D eigenvalue weighted by Gasteiger charge is -2.37. The van der Waals surface area contributed by atoms with E-state index in [1.54, 1.807) is 0 Å². The second kappa shape index (κ2) is 10.1. The molecule has 0 unspecified atom stereocenters. The van der Waals surface area contributed by atoms with Crippen LogP contribution in [-0.2, 0) is 12.0 Å². The fourth-order valence-electron chi connectivity index (χ4n) is 5.27. The molecule has 0 aliphatic rings. The third-order valence-corrected chi connectivity index (χ3v) is 7.02. The van der Waals surface area contributed by atoms with Crippen LogP contribution in [-0.4, -0.2) is 9.55 Å². The Balaban J connectivity index is 1.40. The Bertz CT molecular complexity index is 1530. The molecule has 0 radical (unpaired) electrons. The van der Waals surface area contributed by atoms with Crippen LogP contribution in [0.4, 0.5) is 0 Å². The molecule has 0 aliphatic carbocycles. The van der Waals surface area contributed by atoms with Gasteiger partial charge in [-0.1, -0.05) is 140 Å². The molecule has 0 saturated carbocycles. The molecular formula is C35H28N2. The lowest BCUT2D eigenvalue weighted by atomic mass is 9.77. The Labute approximate surface area is 218 Å². The molecule has 178 valence electrons. The molecular weight excluding hydrogens is 448 g/mol. The van der Waals surface area contributed by atoms with Gasteiger partial charge in [-0.3, -0.25) is 0 Å². The maximum atomic E-state index is 4.82. The van der Waals surface area contributed by atoms with Crippen LogP contribution in [0.1, 0.15) is 27.9 Å².